The lowest BCUT2D eigenvalue weighted by atomic mass is 10.1. The molecule has 70 heavy (non-hydrogen) atoms. The highest BCUT2D eigenvalue weighted by atomic mass is 32.2. The summed E-state index contributed by atoms with van der Waals surface area (Å²) in [6.45, 7) is 0. The molecule has 0 unspecified atom stereocenters. The Morgan fingerprint density at radius 2 is 0.700 bits per heavy atom. The fourth-order valence-electron chi connectivity index (χ4n) is 6.48. The molecule has 0 bridgehead atoms. The van der Waals surface area contributed by atoms with E-state index in [1.807, 2.05) is 36.4 Å². The third kappa shape index (κ3) is 12.9. The molecule has 8 aromatic rings. The summed E-state index contributed by atoms with van der Waals surface area (Å²) in [6, 6.07) is 37.4. The Balaban J connectivity index is 0.000000234. The van der Waals surface area contributed by atoms with Crippen LogP contribution in [0.25, 0.3) is 22.3 Å². The molecule has 1 nitrogen and oxygen atoms in total. The minimum atomic E-state index is -3.67. The van der Waals surface area contributed by atoms with Crippen molar-refractivity contribution in [2.24, 2.45) is 0 Å². The molecule has 8 aromatic carbocycles. The molecule has 0 fully saturated rings. The van der Waals surface area contributed by atoms with Gasteiger partial charge in [0, 0.05) is 33.1 Å². The highest BCUT2D eigenvalue weighted by molar-refractivity contribution is 8.04. The van der Waals surface area contributed by atoms with Crippen LogP contribution in [0.15, 0.2) is 196 Å². The summed E-state index contributed by atoms with van der Waals surface area (Å²) in [5, 5.41) is 0. The average molecular weight is 1050 g/mol. The van der Waals surface area contributed by atoms with Crippen LogP contribution in [0.5, 0.6) is 0 Å². The molecule has 2 heterocycles. The van der Waals surface area contributed by atoms with E-state index in [2.05, 4.69) is 0 Å². The second kappa shape index (κ2) is 24.7. The van der Waals surface area contributed by atoms with Crippen LogP contribution < -0.4 is 4.70 Å². The first-order chi connectivity index (χ1) is 32.0. The Morgan fingerprint density at radius 1 is 0.386 bits per heavy atom. The topological polar surface area (TPSA) is 17.1 Å². The summed E-state index contributed by atoms with van der Waals surface area (Å²) < 4.78 is 177. The van der Waals surface area contributed by atoms with E-state index in [0.29, 0.717) is 41.2 Å². The quantitative estimate of drug-likeness (QED) is 0.0997. The van der Waals surface area contributed by atoms with Crippen LogP contribution in [0, 0.1) is 58.2 Å². The van der Waals surface area contributed by atoms with Gasteiger partial charge in [0.15, 0.2) is 61.2 Å². The Morgan fingerprint density at radius 3 is 1.10 bits per heavy atom. The molecule has 0 aliphatic carbocycles. The smallest absolute Gasteiger partial charge is 0.762 e. The molecule has 20 heteroatoms. The van der Waals surface area contributed by atoms with E-state index in [0.717, 1.165) is 77.6 Å². The maximum atomic E-state index is 14.1. The minimum absolute atomic E-state index is 0. The van der Waals surface area contributed by atoms with Crippen molar-refractivity contribution in [1.29, 1.82) is 0 Å². The van der Waals surface area contributed by atoms with E-state index >= 15 is 0 Å². The summed E-state index contributed by atoms with van der Waals surface area (Å²) >= 11 is 2.00. The predicted octanol–water partition coefficient (Wildman–Crippen LogP) is 14.1. The molecule has 0 radical (unpaired) electrons. The highest BCUT2D eigenvalue weighted by Crippen LogP contribution is 2.50. The van der Waals surface area contributed by atoms with Crippen molar-refractivity contribution in [1.82, 2.24) is 0 Å². The summed E-state index contributed by atoms with van der Waals surface area (Å²) in [7, 11) is -6.52. The number of rotatable bonds is 3. The van der Waals surface area contributed by atoms with Crippen LogP contribution in [0.4, 0.5) is 56.9 Å². The van der Waals surface area contributed by atoms with Gasteiger partial charge in [-0.05, 0) is 83.9 Å². The highest BCUT2D eigenvalue weighted by Gasteiger charge is 2.40. The lowest BCUT2D eigenvalue weighted by molar-refractivity contribution is -0.0000227. The van der Waals surface area contributed by atoms with Crippen molar-refractivity contribution in [3.63, 3.8) is 0 Å². The summed E-state index contributed by atoms with van der Waals surface area (Å²) in [5.74, 6) is -8.96. The van der Waals surface area contributed by atoms with Gasteiger partial charge >= 0.3 is 7.54 Å². The van der Waals surface area contributed by atoms with Crippen molar-refractivity contribution < 1.29 is 65.8 Å². The molecule has 0 N–H and O–H groups in total. The molecule has 0 saturated carbocycles. The average Bonchev–Trinajstić information content (AvgIpc) is 3.29. The van der Waals surface area contributed by atoms with Crippen LogP contribution >= 0.6 is 23.5 Å². The van der Waals surface area contributed by atoms with Gasteiger partial charge in [-0.3, -0.25) is 12.9 Å². The molecule has 2 aliphatic heterocycles. The number of halogens is 14. The fourth-order valence-corrected chi connectivity index (χ4v) is 12.9. The lowest BCUT2D eigenvalue weighted by Gasteiger charge is -2.19. The Kier molecular flexibility index (Phi) is 20.0. The van der Waals surface area contributed by atoms with Crippen LogP contribution in [0.3, 0.4) is 0 Å². The summed E-state index contributed by atoms with van der Waals surface area (Å²) in [6.07, 6.45) is 0. The zero-order valence-corrected chi connectivity index (χ0v) is 37.1. The standard InChI is InChI=1S/C24H12F5S2.C12H4F4OS2.C12H9F.2CH4.BF3.FH/c25-16-4-2-1-3-15(16)13-5-7-14(8-6-13)31-23-11-19(28)17(26)9-21(23)30-22-10-18(27)20(29)12-24(22)31;13-5-1-9-11(3-7(5)15)19(17)12-4-8(16)6(14)2-10(12)18-9;13-12-9-5-4-8-11(12)10-6-2-1-3-7-10;;;2-1(3)4;/h1-12H;1-4H;1-9H;2*1H4;;1H/q+1;;;;;;/p-1. The largest absolute Gasteiger partial charge is 1.00 e. The zero-order valence-electron chi connectivity index (χ0n) is 33.8. The number of fused-ring (bicyclic) bond motifs is 4. The summed E-state index contributed by atoms with van der Waals surface area (Å²) in [5.41, 5.74) is 2.65. The molecule has 0 amide bonds. The van der Waals surface area contributed by atoms with E-state index in [9.17, 15) is 61.1 Å². The summed E-state index contributed by atoms with van der Waals surface area (Å²) in [4.78, 5) is 3.14. The van der Waals surface area contributed by atoms with Gasteiger partial charge in [0.1, 0.15) is 22.5 Å². The second-order valence-electron chi connectivity index (χ2n) is 13.7. The van der Waals surface area contributed by atoms with Crippen LogP contribution in [0.2, 0.25) is 0 Å². The van der Waals surface area contributed by atoms with Crippen molar-refractivity contribution >= 4 is 52.8 Å². The van der Waals surface area contributed by atoms with Crippen LogP contribution in [-0.4, -0.2) is 11.8 Å². The van der Waals surface area contributed by atoms with Gasteiger partial charge in [-0.25, -0.2) is 48.1 Å². The van der Waals surface area contributed by atoms with Crippen LogP contribution in [0.1, 0.15) is 14.9 Å². The Bertz CT molecular complexity index is 3010. The van der Waals surface area contributed by atoms with Crippen LogP contribution in [-0.2, 0) is 21.7 Å². The number of hydrogen-bond acceptors (Lipinski definition) is 3. The SMILES string of the molecule is C.C.FB(F)F.Fc1cc2c(cc1F)[S+](c1ccc(-c3ccccc3F)cc1)c1cc(F)c(F)cc1S2.Fc1ccccc1-c1ccccc1.O=S1c2cc(F)c(F)cc2Sc2cc(F)c(F)cc21.[F-]. The fraction of sp³-hybridized carbons (Fsp3) is 0.0400. The Hall–Kier alpha value is -5.96. The molecule has 0 atom stereocenters. The van der Waals surface area contributed by atoms with Gasteiger partial charge < -0.3 is 4.70 Å². The molecule has 0 aromatic heterocycles. The first kappa shape index (κ1) is 56.6. The van der Waals surface area contributed by atoms with Crippen molar-refractivity contribution in [2.75, 3.05) is 0 Å². The van der Waals surface area contributed by atoms with E-state index in [4.69, 9.17) is 0 Å². The van der Waals surface area contributed by atoms with Crippen molar-refractivity contribution in [3.8, 4) is 22.3 Å². The van der Waals surface area contributed by atoms with Gasteiger partial charge in [0.2, 0.25) is 0 Å². The monoisotopic (exact) mass is 1050 g/mol. The van der Waals surface area contributed by atoms with Gasteiger partial charge in [-0.15, -0.1) is 0 Å². The third-order valence-corrected chi connectivity index (χ3v) is 16.0. The molecule has 10 rings (SSSR count). The van der Waals surface area contributed by atoms with E-state index < -0.39 is 75.8 Å². The first-order valence-corrected chi connectivity index (χ1v) is 23.1. The normalized spacial score (nSPS) is 11.8. The first-order valence-electron chi connectivity index (χ1n) is 19.1. The maximum absolute atomic E-state index is 14.1. The molecule has 0 saturated heterocycles. The zero-order chi connectivity index (χ0) is 48.1. The predicted molar refractivity (Wildman–Crippen MR) is 247 cm³/mol. The lowest BCUT2D eigenvalue weighted by Crippen LogP contribution is -3.00. The van der Waals surface area contributed by atoms with Gasteiger partial charge in [-0.1, -0.05) is 105 Å². The molecular formula is C50H33BF14OS4. The van der Waals surface area contributed by atoms with E-state index in [1.54, 1.807) is 54.6 Å². The van der Waals surface area contributed by atoms with E-state index in [1.165, 1.54) is 12.1 Å². The molecular weight excluding hydrogens is 1020 g/mol. The number of hydrogen-bond donors (Lipinski definition) is 0. The third-order valence-electron chi connectivity index (χ3n) is 9.46. The van der Waals surface area contributed by atoms with Gasteiger partial charge in [0.05, 0.1) is 30.4 Å². The molecule has 364 valence electrons. The van der Waals surface area contributed by atoms with Crippen molar-refractivity contribution in [3.05, 3.63) is 210 Å². The minimum Gasteiger partial charge on any atom is -1.00 e. The van der Waals surface area contributed by atoms with Gasteiger partial charge in [0.25, 0.3) is 0 Å². The number of benzene rings is 8. The molecule has 2 aliphatic rings. The Labute approximate surface area is 407 Å². The van der Waals surface area contributed by atoms with Gasteiger partial charge in [-0.2, -0.15) is 0 Å². The van der Waals surface area contributed by atoms with Crippen molar-refractivity contribution in [2.45, 2.75) is 58.9 Å². The van der Waals surface area contributed by atoms with E-state index in [-0.39, 0.29) is 50.8 Å². The second-order valence-corrected chi connectivity index (χ2v) is 19.3. The maximum Gasteiger partial charge on any atom is 0.762 e. The molecule has 0 spiro atoms.